The van der Waals surface area contributed by atoms with Crippen molar-refractivity contribution in [3.05, 3.63) is 59.2 Å². The van der Waals surface area contributed by atoms with E-state index in [-0.39, 0.29) is 12.0 Å². The topological polar surface area (TPSA) is 38.7 Å². The summed E-state index contributed by atoms with van der Waals surface area (Å²) in [7, 11) is 0. The minimum absolute atomic E-state index is 0.122. The van der Waals surface area contributed by atoms with Gasteiger partial charge in [-0.05, 0) is 48.2 Å². The molecule has 2 aromatic carbocycles. The molecule has 0 atom stereocenters. The Morgan fingerprint density at radius 1 is 0.923 bits per heavy atom. The van der Waals surface area contributed by atoms with Crippen LogP contribution in [0.25, 0.3) is 0 Å². The fraction of sp³-hybridized carbons (Fsp3) is 0.455. The maximum Gasteiger partial charge on any atom is 0.122 e. The highest BCUT2D eigenvalue weighted by Gasteiger charge is 2.23. The van der Waals surface area contributed by atoms with E-state index in [1.165, 1.54) is 11.1 Å². The average Bonchev–Trinajstić information content (AvgIpc) is 2.64. The Bertz CT molecular complexity index is 680. The Kier molecular flexibility index (Phi) is 7.80. The van der Waals surface area contributed by atoms with Gasteiger partial charge in [0.05, 0.1) is 13.2 Å². The predicted octanol–water partition coefficient (Wildman–Crippen LogP) is 5.09. The zero-order chi connectivity index (χ0) is 19.0. The van der Waals surface area contributed by atoms with Crippen LogP contribution in [-0.2, 0) is 5.41 Å². The Labute approximate surface area is 161 Å². The van der Waals surface area contributed by atoms with Crippen LogP contribution in [-0.4, -0.2) is 30.8 Å². The molecule has 4 heteroatoms. The molecule has 0 aliphatic carbocycles. The largest absolute Gasteiger partial charge is 0.494 e. The van der Waals surface area contributed by atoms with Gasteiger partial charge in [0.1, 0.15) is 11.5 Å². The number of aliphatic hydroxyl groups is 1. The summed E-state index contributed by atoms with van der Waals surface area (Å²) in [5, 5.41) is 8.83. The fourth-order valence-electron chi connectivity index (χ4n) is 2.83. The van der Waals surface area contributed by atoms with Crippen molar-refractivity contribution in [2.45, 2.75) is 39.0 Å². The SMILES string of the molecule is Cc1cc(C(C)(C)c2ccc(OCCCO)cc2)ccc1OCCCCl. The maximum absolute atomic E-state index is 8.83. The molecule has 2 rings (SSSR count). The number of aliphatic hydroxyl groups excluding tert-OH is 1. The van der Waals surface area contributed by atoms with E-state index in [1.807, 2.05) is 18.2 Å². The van der Waals surface area contributed by atoms with Crippen LogP contribution in [0, 0.1) is 6.92 Å². The lowest BCUT2D eigenvalue weighted by Gasteiger charge is -2.27. The maximum atomic E-state index is 8.83. The highest BCUT2D eigenvalue weighted by molar-refractivity contribution is 6.17. The van der Waals surface area contributed by atoms with E-state index in [4.69, 9.17) is 26.2 Å². The van der Waals surface area contributed by atoms with Gasteiger partial charge in [0.2, 0.25) is 0 Å². The van der Waals surface area contributed by atoms with Crippen LogP contribution in [0.5, 0.6) is 11.5 Å². The summed E-state index contributed by atoms with van der Waals surface area (Å²) in [6.07, 6.45) is 1.49. The quantitative estimate of drug-likeness (QED) is 0.463. The first-order chi connectivity index (χ1) is 12.5. The summed E-state index contributed by atoms with van der Waals surface area (Å²) in [4.78, 5) is 0. The first-order valence-electron chi connectivity index (χ1n) is 9.13. The molecule has 0 fully saturated rings. The molecule has 3 nitrogen and oxygen atoms in total. The summed E-state index contributed by atoms with van der Waals surface area (Å²) >= 11 is 5.71. The van der Waals surface area contributed by atoms with Gasteiger partial charge in [0, 0.05) is 24.3 Å². The van der Waals surface area contributed by atoms with E-state index in [1.54, 1.807) is 0 Å². The van der Waals surface area contributed by atoms with E-state index >= 15 is 0 Å². The highest BCUT2D eigenvalue weighted by atomic mass is 35.5. The lowest BCUT2D eigenvalue weighted by atomic mass is 9.77. The van der Waals surface area contributed by atoms with E-state index in [9.17, 15) is 0 Å². The minimum Gasteiger partial charge on any atom is -0.494 e. The van der Waals surface area contributed by atoms with Gasteiger partial charge in [-0.25, -0.2) is 0 Å². The van der Waals surface area contributed by atoms with Gasteiger partial charge in [0.25, 0.3) is 0 Å². The van der Waals surface area contributed by atoms with Crippen molar-refractivity contribution in [1.82, 2.24) is 0 Å². The molecule has 0 saturated heterocycles. The molecule has 0 saturated carbocycles. The van der Waals surface area contributed by atoms with E-state index in [0.29, 0.717) is 25.5 Å². The van der Waals surface area contributed by atoms with Crippen LogP contribution in [0.3, 0.4) is 0 Å². The minimum atomic E-state index is -0.122. The molecule has 1 N–H and O–H groups in total. The van der Waals surface area contributed by atoms with Crippen molar-refractivity contribution in [2.75, 3.05) is 25.7 Å². The first kappa shape index (κ1) is 20.6. The number of ether oxygens (including phenoxy) is 2. The van der Waals surface area contributed by atoms with E-state index in [2.05, 4.69) is 45.0 Å². The normalized spacial score (nSPS) is 11.4. The van der Waals surface area contributed by atoms with Crippen molar-refractivity contribution in [2.24, 2.45) is 0 Å². The van der Waals surface area contributed by atoms with Gasteiger partial charge in [-0.3, -0.25) is 0 Å². The lowest BCUT2D eigenvalue weighted by molar-refractivity contribution is 0.233. The molecule has 0 radical (unpaired) electrons. The first-order valence-corrected chi connectivity index (χ1v) is 9.66. The van der Waals surface area contributed by atoms with Crippen molar-refractivity contribution in [3.8, 4) is 11.5 Å². The smallest absolute Gasteiger partial charge is 0.122 e. The molecule has 0 unspecified atom stereocenters. The van der Waals surface area contributed by atoms with Gasteiger partial charge in [-0.15, -0.1) is 11.6 Å². The molecule has 0 spiro atoms. The fourth-order valence-corrected chi connectivity index (χ4v) is 2.93. The Hall–Kier alpha value is -1.71. The lowest BCUT2D eigenvalue weighted by Crippen LogP contribution is -2.19. The number of benzene rings is 2. The van der Waals surface area contributed by atoms with Crippen molar-refractivity contribution in [1.29, 1.82) is 0 Å². The molecule has 0 bridgehead atoms. The molecule has 142 valence electrons. The van der Waals surface area contributed by atoms with Gasteiger partial charge < -0.3 is 14.6 Å². The number of hydrogen-bond acceptors (Lipinski definition) is 3. The molecule has 0 aliphatic heterocycles. The summed E-state index contributed by atoms with van der Waals surface area (Å²) in [6, 6.07) is 14.6. The third-order valence-electron chi connectivity index (χ3n) is 4.58. The molecule has 0 heterocycles. The second kappa shape index (κ2) is 9.84. The zero-order valence-corrected chi connectivity index (χ0v) is 16.7. The highest BCUT2D eigenvalue weighted by Crippen LogP contribution is 2.34. The summed E-state index contributed by atoms with van der Waals surface area (Å²) in [5.74, 6) is 2.36. The van der Waals surface area contributed by atoms with Gasteiger partial charge in [-0.2, -0.15) is 0 Å². The Morgan fingerprint density at radius 3 is 2.19 bits per heavy atom. The molecule has 0 amide bonds. The van der Waals surface area contributed by atoms with Crippen molar-refractivity contribution in [3.63, 3.8) is 0 Å². The molecular weight excluding hydrogens is 348 g/mol. The standard InChI is InChI=1S/C22H29ClO3/c1-17-16-19(8-11-21(17)26-14-4-12-23)22(2,3)18-6-9-20(10-7-18)25-15-5-13-24/h6-11,16,24H,4-5,12-15H2,1-3H3. The number of alkyl halides is 1. The second-order valence-electron chi connectivity index (χ2n) is 6.95. The third-order valence-corrected chi connectivity index (χ3v) is 4.85. The zero-order valence-electron chi connectivity index (χ0n) is 15.9. The van der Waals surface area contributed by atoms with Crippen LogP contribution < -0.4 is 9.47 Å². The number of hydrogen-bond donors (Lipinski definition) is 1. The molecule has 2 aromatic rings. The van der Waals surface area contributed by atoms with Crippen molar-refractivity contribution < 1.29 is 14.6 Å². The molecular formula is C22H29ClO3. The van der Waals surface area contributed by atoms with Gasteiger partial charge in [-0.1, -0.05) is 38.1 Å². The summed E-state index contributed by atoms with van der Waals surface area (Å²) in [5.41, 5.74) is 3.48. The molecule has 0 aliphatic rings. The third kappa shape index (κ3) is 5.39. The van der Waals surface area contributed by atoms with E-state index in [0.717, 1.165) is 23.5 Å². The van der Waals surface area contributed by atoms with Crippen LogP contribution in [0.4, 0.5) is 0 Å². The summed E-state index contributed by atoms with van der Waals surface area (Å²) < 4.78 is 11.4. The number of rotatable bonds is 10. The Balaban J connectivity index is 2.12. The predicted molar refractivity (Wildman–Crippen MR) is 108 cm³/mol. The average molecular weight is 377 g/mol. The van der Waals surface area contributed by atoms with E-state index < -0.39 is 0 Å². The number of halogens is 1. The van der Waals surface area contributed by atoms with Gasteiger partial charge >= 0.3 is 0 Å². The Morgan fingerprint density at radius 2 is 1.58 bits per heavy atom. The summed E-state index contributed by atoms with van der Waals surface area (Å²) in [6.45, 7) is 7.84. The molecule has 26 heavy (non-hydrogen) atoms. The van der Waals surface area contributed by atoms with Crippen LogP contribution in [0.2, 0.25) is 0 Å². The molecule has 0 aromatic heterocycles. The number of aryl methyl sites for hydroxylation is 1. The monoisotopic (exact) mass is 376 g/mol. The van der Waals surface area contributed by atoms with Crippen LogP contribution in [0.1, 0.15) is 43.4 Å². The van der Waals surface area contributed by atoms with Crippen molar-refractivity contribution >= 4 is 11.6 Å². The van der Waals surface area contributed by atoms with Crippen LogP contribution >= 0.6 is 11.6 Å². The van der Waals surface area contributed by atoms with Crippen LogP contribution in [0.15, 0.2) is 42.5 Å². The second-order valence-corrected chi connectivity index (χ2v) is 7.32. The van der Waals surface area contributed by atoms with Gasteiger partial charge in [0.15, 0.2) is 0 Å².